The van der Waals surface area contributed by atoms with Crippen LogP contribution in [0, 0.1) is 0 Å². The Morgan fingerprint density at radius 2 is 1.86 bits per heavy atom. The molecule has 1 saturated heterocycles. The van der Waals surface area contributed by atoms with Crippen LogP contribution in [-0.4, -0.2) is 60.1 Å². The number of carbonyl (C=O) groups is 2. The predicted molar refractivity (Wildman–Crippen MR) is 74.7 cm³/mol. The first-order valence-corrected chi connectivity index (χ1v) is 6.72. The molecule has 2 rings (SSSR count). The van der Waals surface area contributed by atoms with Crippen LogP contribution in [0.5, 0.6) is 0 Å². The minimum absolute atomic E-state index is 0.0614. The molecule has 1 unspecified atom stereocenters. The average molecular weight is 297 g/mol. The van der Waals surface area contributed by atoms with Gasteiger partial charge in [-0.1, -0.05) is 6.08 Å². The molecule has 1 fully saturated rings. The summed E-state index contributed by atoms with van der Waals surface area (Å²) in [7, 11) is 0.565. The van der Waals surface area contributed by atoms with Crippen molar-refractivity contribution in [2.24, 2.45) is 0 Å². The molecule has 0 aromatic rings. The van der Waals surface area contributed by atoms with Gasteiger partial charge in [0.2, 0.25) is 0 Å². The summed E-state index contributed by atoms with van der Waals surface area (Å²) in [6, 6.07) is -0.957. The summed E-state index contributed by atoms with van der Waals surface area (Å²) in [4.78, 5) is 23.9. The summed E-state index contributed by atoms with van der Waals surface area (Å²) in [6.45, 7) is 7.71. The molecule has 0 aliphatic carbocycles. The third-order valence-electron chi connectivity index (χ3n) is 4.31. The minimum atomic E-state index is -1.19. The number of esters is 1. The second-order valence-corrected chi connectivity index (χ2v) is 6.21. The fourth-order valence-electron chi connectivity index (χ4n) is 2.29. The van der Waals surface area contributed by atoms with E-state index in [1.165, 1.54) is 7.11 Å². The summed E-state index contributed by atoms with van der Waals surface area (Å²) < 4.78 is 16.4. The summed E-state index contributed by atoms with van der Waals surface area (Å²) >= 11 is 0. The first kappa shape index (κ1) is 15.8. The average Bonchev–Trinajstić information content (AvgIpc) is 2.88. The molecule has 2 heterocycles. The van der Waals surface area contributed by atoms with Crippen molar-refractivity contribution in [3.05, 3.63) is 11.5 Å². The van der Waals surface area contributed by atoms with Crippen molar-refractivity contribution >= 4 is 19.2 Å². The summed E-state index contributed by atoms with van der Waals surface area (Å²) in [5, 5.41) is 9.20. The number of rotatable bonds is 2. The van der Waals surface area contributed by atoms with E-state index in [-0.39, 0.29) is 6.54 Å². The molecule has 8 heteroatoms. The minimum Gasteiger partial charge on any atom is -0.467 e. The van der Waals surface area contributed by atoms with Crippen molar-refractivity contribution in [1.82, 2.24) is 4.90 Å². The Bertz CT molecular complexity index is 485. The van der Waals surface area contributed by atoms with Gasteiger partial charge < -0.3 is 19.2 Å². The van der Waals surface area contributed by atoms with Crippen molar-refractivity contribution in [1.29, 1.82) is 0 Å². The molecule has 116 valence electrons. The molecule has 0 aromatic heterocycles. The molecule has 2 aliphatic heterocycles. The maximum Gasteiger partial charge on any atom is 0.492 e. The van der Waals surface area contributed by atoms with Crippen molar-refractivity contribution in [3.63, 3.8) is 0 Å². The van der Waals surface area contributed by atoms with Crippen molar-refractivity contribution in [2.45, 2.75) is 44.9 Å². The molecule has 0 radical (unpaired) electrons. The lowest BCUT2D eigenvalue weighted by molar-refractivity contribution is -0.143. The Balaban J connectivity index is 2.22. The SMILES string of the molecule is COC(=O)C1C=C(B2OC(C)(C)C(C)(C)O2)CN1C(=O)O. The Labute approximate surface area is 124 Å². The highest BCUT2D eigenvalue weighted by atomic mass is 16.7. The van der Waals surface area contributed by atoms with Crippen LogP contribution in [0.4, 0.5) is 4.79 Å². The van der Waals surface area contributed by atoms with E-state index in [2.05, 4.69) is 4.74 Å². The molecule has 1 amide bonds. The molecule has 0 aromatic carbocycles. The highest BCUT2D eigenvalue weighted by Gasteiger charge is 2.54. The third kappa shape index (κ3) is 2.65. The van der Waals surface area contributed by atoms with Crippen LogP contribution >= 0.6 is 0 Å². The maximum absolute atomic E-state index is 11.7. The fourth-order valence-corrected chi connectivity index (χ4v) is 2.29. The highest BCUT2D eigenvalue weighted by molar-refractivity contribution is 6.55. The standard InChI is InChI=1S/C13H20BNO6/c1-12(2)13(3,4)21-14(20-12)8-6-9(10(16)19-5)15(7-8)11(17)18/h6,9H,7H2,1-5H3,(H,17,18). The second kappa shape index (κ2) is 5.03. The number of hydrogen-bond donors (Lipinski definition) is 1. The number of carbonyl (C=O) groups excluding carboxylic acids is 1. The van der Waals surface area contributed by atoms with E-state index in [1.54, 1.807) is 6.08 Å². The van der Waals surface area contributed by atoms with E-state index in [0.717, 1.165) is 4.90 Å². The molecule has 0 saturated carbocycles. The Kier molecular flexibility index (Phi) is 3.79. The van der Waals surface area contributed by atoms with Crippen LogP contribution in [0.15, 0.2) is 11.5 Å². The van der Waals surface area contributed by atoms with Gasteiger partial charge in [-0.2, -0.15) is 0 Å². The predicted octanol–water partition coefficient (Wildman–Crippen LogP) is 1.08. The molecule has 2 aliphatic rings. The smallest absolute Gasteiger partial charge is 0.467 e. The molecular weight excluding hydrogens is 277 g/mol. The van der Waals surface area contributed by atoms with E-state index in [9.17, 15) is 14.7 Å². The van der Waals surface area contributed by atoms with E-state index >= 15 is 0 Å². The van der Waals surface area contributed by atoms with E-state index in [0.29, 0.717) is 5.47 Å². The molecule has 1 N–H and O–H groups in total. The van der Waals surface area contributed by atoms with Crippen molar-refractivity contribution < 1.29 is 28.7 Å². The van der Waals surface area contributed by atoms with E-state index < -0.39 is 36.4 Å². The van der Waals surface area contributed by atoms with Gasteiger partial charge in [-0.05, 0) is 33.2 Å². The van der Waals surface area contributed by atoms with Crippen molar-refractivity contribution in [2.75, 3.05) is 13.7 Å². The molecule has 0 bridgehead atoms. The molecule has 7 nitrogen and oxygen atoms in total. The van der Waals surface area contributed by atoms with Gasteiger partial charge in [0.25, 0.3) is 0 Å². The number of methoxy groups -OCH3 is 1. The largest absolute Gasteiger partial charge is 0.492 e. The van der Waals surface area contributed by atoms with Gasteiger partial charge in [0.05, 0.1) is 18.3 Å². The lowest BCUT2D eigenvalue weighted by Gasteiger charge is -2.32. The topological polar surface area (TPSA) is 85.3 Å². The normalized spacial score (nSPS) is 26.7. The lowest BCUT2D eigenvalue weighted by Crippen LogP contribution is -2.41. The van der Waals surface area contributed by atoms with Crippen LogP contribution in [-0.2, 0) is 18.8 Å². The van der Waals surface area contributed by atoms with E-state index in [4.69, 9.17) is 9.31 Å². The number of nitrogens with zero attached hydrogens (tertiary/aromatic N) is 1. The summed E-state index contributed by atoms with van der Waals surface area (Å²) in [6.07, 6.45) is 0.357. The Hall–Kier alpha value is -1.54. The quantitative estimate of drug-likeness (QED) is 0.606. The van der Waals surface area contributed by atoms with Crippen LogP contribution in [0.3, 0.4) is 0 Å². The third-order valence-corrected chi connectivity index (χ3v) is 4.31. The molecular formula is C13H20BNO6. The van der Waals surface area contributed by atoms with E-state index in [1.807, 2.05) is 27.7 Å². The number of ether oxygens (including phenoxy) is 1. The van der Waals surface area contributed by atoms with Gasteiger partial charge in [0.15, 0.2) is 6.04 Å². The zero-order valence-electron chi connectivity index (χ0n) is 12.9. The lowest BCUT2D eigenvalue weighted by atomic mass is 9.78. The van der Waals surface area contributed by atoms with Crippen molar-refractivity contribution in [3.8, 4) is 0 Å². The monoisotopic (exact) mass is 297 g/mol. The van der Waals surface area contributed by atoms with Crippen LogP contribution < -0.4 is 0 Å². The Morgan fingerprint density at radius 3 is 2.29 bits per heavy atom. The first-order valence-electron chi connectivity index (χ1n) is 6.72. The fraction of sp³-hybridized carbons (Fsp3) is 0.692. The number of carboxylic acid groups (broad SMARTS) is 1. The van der Waals surface area contributed by atoms with Crippen LogP contribution in [0.1, 0.15) is 27.7 Å². The summed E-state index contributed by atoms with van der Waals surface area (Å²) in [5.74, 6) is -0.621. The van der Waals surface area contributed by atoms with Crippen LogP contribution in [0.2, 0.25) is 0 Å². The van der Waals surface area contributed by atoms with Crippen LogP contribution in [0.25, 0.3) is 0 Å². The van der Waals surface area contributed by atoms with Gasteiger partial charge >= 0.3 is 19.2 Å². The van der Waals surface area contributed by atoms with Gasteiger partial charge in [-0.3, -0.25) is 4.90 Å². The maximum atomic E-state index is 11.7. The molecule has 21 heavy (non-hydrogen) atoms. The zero-order valence-corrected chi connectivity index (χ0v) is 12.9. The summed E-state index contributed by atoms with van der Waals surface area (Å²) in [5.41, 5.74) is -0.419. The van der Waals surface area contributed by atoms with Gasteiger partial charge in [0, 0.05) is 6.54 Å². The molecule has 0 spiro atoms. The van der Waals surface area contributed by atoms with Gasteiger partial charge in [-0.15, -0.1) is 0 Å². The molecule has 1 atom stereocenters. The van der Waals surface area contributed by atoms with Gasteiger partial charge in [0.1, 0.15) is 0 Å². The first-order chi connectivity index (χ1) is 9.59. The number of hydrogen-bond acceptors (Lipinski definition) is 5. The zero-order chi connectivity index (χ0) is 16.0. The van der Waals surface area contributed by atoms with Gasteiger partial charge in [-0.25, -0.2) is 9.59 Å². The Morgan fingerprint density at radius 1 is 1.33 bits per heavy atom. The highest BCUT2D eigenvalue weighted by Crippen LogP contribution is 2.39. The second-order valence-electron chi connectivity index (χ2n) is 6.21. The number of amides is 1.